The van der Waals surface area contributed by atoms with E-state index < -0.39 is 5.97 Å². The van der Waals surface area contributed by atoms with Crippen molar-refractivity contribution in [3.8, 4) is 0 Å². The molecule has 7 nitrogen and oxygen atoms in total. The Kier molecular flexibility index (Phi) is 5.78. The molecule has 2 heterocycles. The highest BCUT2D eigenvalue weighted by molar-refractivity contribution is 7.99. The normalized spacial score (nSPS) is 23.8. The molecule has 0 aromatic carbocycles. The summed E-state index contributed by atoms with van der Waals surface area (Å²) in [5.41, 5.74) is 0. The van der Waals surface area contributed by atoms with Gasteiger partial charge in [-0.3, -0.25) is 9.69 Å². The first kappa shape index (κ1) is 17.3. The van der Waals surface area contributed by atoms with E-state index in [1.54, 1.807) is 6.33 Å². The first-order chi connectivity index (χ1) is 11.7. The largest absolute Gasteiger partial charge is 0.480 e. The zero-order chi connectivity index (χ0) is 16.9. The summed E-state index contributed by atoms with van der Waals surface area (Å²) in [6, 6.07) is 2.74. The fourth-order valence-electron chi connectivity index (χ4n) is 3.28. The molecule has 1 saturated heterocycles. The van der Waals surface area contributed by atoms with E-state index in [0.29, 0.717) is 12.1 Å². The van der Waals surface area contributed by atoms with E-state index in [0.717, 1.165) is 55.6 Å². The van der Waals surface area contributed by atoms with E-state index in [4.69, 9.17) is 5.11 Å². The summed E-state index contributed by atoms with van der Waals surface area (Å²) in [7, 11) is 0. The van der Waals surface area contributed by atoms with Crippen LogP contribution in [0.1, 0.15) is 19.8 Å². The number of nitrogens with one attached hydrogen (secondary N) is 1. The number of thioether (sulfide) groups is 1. The summed E-state index contributed by atoms with van der Waals surface area (Å²) >= 11 is 1.98. The van der Waals surface area contributed by atoms with Crippen molar-refractivity contribution < 1.29 is 9.90 Å². The highest BCUT2D eigenvalue weighted by Crippen LogP contribution is 2.29. The number of hydrogen-bond acceptors (Lipinski definition) is 7. The van der Waals surface area contributed by atoms with Crippen LogP contribution in [-0.2, 0) is 4.79 Å². The Morgan fingerprint density at radius 1 is 1.42 bits per heavy atom. The molecule has 3 rings (SSSR count). The summed E-state index contributed by atoms with van der Waals surface area (Å²) in [4.78, 5) is 24.0. The minimum atomic E-state index is -0.756. The molecule has 2 fully saturated rings. The highest BCUT2D eigenvalue weighted by atomic mass is 32.2. The van der Waals surface area contributed by atoms with Crippen molar-refractivity contribution >= 4 is 29.4 Å². The maximum Gasteiger partial charge on any atom is 0.317 e. The van der Waals surface area contributed by atoms with E-state index in [-0.39, 0.29) is 6.54 Å². The van der Waals surface area contributed by atoms with Crippen LogP contribution >= 0.6 is 11.8 Å². The Bertz CT molecular complexity index is 561. The van der Waals surface area contributed by atoms with Crippen molar-refractivity contribution in [2.75, 3.05) is 47.9 Å². The van der Waals surface area contributed by atoms with Gasteiger partial charge in [-0.15, -0.1) is 0 Å². The molecule has 0 radical (unpaired) electrons. The van der Waals surface area contributed by atoms with Gasteiger partial charge < -0.3 is 15.3 Å². The maximum atomic E-state index is 10.9. The predicted molar refractivity (Wildman–Crippen MR) is 96.9 cm³/mol. The van der Waals surface area contributed by atoms with Crippen LogP contribution in [0, 0.1) is 0 Å². The number of carboxylic acids is 1. The Labute approximate surface area is 146 Å². The number of aromatic nitrogens is 2. The molecule has 1 aromatic heterocycles. The fourth-order valence-corrected chi connectivity index (χ4v) is 4.18. The average Bonchev–Trinajstić information content (AvgIpc) is 2.57. The van der Waals surface area contributed by atoms with Gasteiger partial charge in [0, 0.05) is 42.7 Å². The first-order valence-corrected chi connectivity index (χ1v) is 9.68. The molecule has 0 spiro atoms. The topological polar surface area (TPSA) is 81.6 Å². The van der Waals surface area contributed by atoms with Gasteiger partial charge in [-0.1, -0.05) is 6.92 Å². The molecule has 1 aromatic rings. The smallest absolute Gasteiger partial charge is 0.317 e. The third-order valence-corrected chi connectivity index (χ3v) is 5.66. The van der Waals surface area contributed by atoms with Gasteiger partial charge in [-0.2, -0.15) is 11.8 Å². The van der Waals surface area contributed by atoms with E-state index >= 15 is 0 Å². The minimum absolute atomic E-state index is 0.124. The summed E-state index contributed by atoms with van der Waals surface area (Å²) in [5, 5.41) is 12.4. The average molecular weight is 351 g/mol. The number of hydrogen-bond donors (Lipinski definition) is 2. The molecule has 1 aliphatic heterocycles. The molecule has 0 atom stereocenters. The summed E-state index contributed by atoms with van der Waals surface area (Å²) < 4.78 is 0. The number of aliphatic carboxylic acids is 1. The van der Waals surface area contributed by atoms with Gasteiger partial charge in [0.2, 0.25) is 0 Å². The lowest BCUT2D eigenvalue weighted by Crippen LogP contribution is -2.51. The van der Waals surface area contributed by atoms with E-state index in [1.165, 1.54) is 0 Å². The van der Waals surface area contributed by atoms with Crippen molar-refractivity contribution in [2.24, 2.45) is 0 Å². The zero-order valence-electron chi connectivity index (χ0n) is 14.0. The molecular formula is C16H25N5O2S. The van der Waals surface area contributed by atoms with Gasteiger partial charge in [0.15, 0.2) is 0 Å². The zero-order valence-corrected chi connectivity index (χ0v) is 14.8. The fraction of sp³-hybridized carbons (Fsp3) is 0.688. The van der Waals surface area contributed by atoms with Gasteiger partial charge in [-0.05, 0) is 19.4 Å². The van der Waals surface area contributed by atoms with Crippen molar-refractivity contribution in [1.82, 2.24) is 14.9 Å². The predicted octanol–water partition coefficient (Wildman–Crippen LogP) is 1.38. The number of nitrogens with zero attached hydrogens (tertiary/aromatic N) is 4. The Morgan fingerprint density at radius 2 is 2.17 bits per heavy atom. The van der Waals surface area contributed by atoms with Crippen LogP contribution < -0.4 is 10.2 Å². The molecule has 0 amide bonds. The SMILES string of the molecule is CCN(CC(=O)O)C1CC(Nc2cc(N3CCSCC3)ncn2)C1. The van der Waals surface area contributed by atoms with Crippen LogP contribution in [0.5, 0.6) is 0 Å². The third kappa shape index (κ3) is 4.30. The quantitative estimate of drug-likeness (QED) is 0.762. The molecule has 1 saturated carbocycles. The summed E-state index contributed by atoms with van der Waals surface area (Å²) in [6.07, 6.45) is 3.54. The second kappa shape index (κ2) is 8.02. The Morgan fingerprint density at radius 3 is 2.83 bits per heavy atom. The van der Waals surface area contributed by atoms with E-state index in [2.05, 4.69) is 20.2 Å². The maximum absolute atomic E-state index is 10.9. The molecule has 0 unspecified atom stereocenters. The first-order valence-electron chi connectivity index (χ1n) is 8.53. The van der Waals surface area contributed by atoms with Gasteiger partial charge in [0.25, 0.3) is 0 Å². The number of carboxylic acid groups (broad SMARTS) is 1. The molecule has 24 heavy (non-hydrogen) atoms. The van der Waals surface area contributed by atoms with Gasteiger partial charge in [-0.25, -0.2) is 9.97 Å². The van der Waals surface area contributed by atoms with Crippen molar-refractivity contribution in [3.63, 3.8) is 0 Å². The van der Waals surface area contributed by atoms with E-state index in [9.17, 15) is 4.79 Å². The number of rotatable bonds is 7. The minimum Gasteiger partial charge on any atom is -0.480 e. The van der Waals surface area contributed by atoms with Crippen LogP contribution in [0.2, 0.25) is 0 Å². The van der Waals surface area contributed by atoms with Crippen LogP contribution in [0.15, 0.2) is 12.4 Å². The van der Waals surface area contributed by atoms with Crippen molar-refractivity contribution in [3.05, 3.63) is 12.4 Å². The Hall–Kier alpha value is -1.54. The van der Waals surface area contributed by atoms with Gasteiger partial charge >= 0.3 is 5.97 Å². The summed E-state index contributed by atoms with van der Waals surface area (Å²) in [6.45, 7) is 4.98. The second-order valence-electron chi connectivity index (χ2n) is 6.28. The molecule has 0 bridgehead atoms. The lowest BCUT2D eigenvalue weighted by molar-refractivity contribution is -0.139. The van der Waals surface area contributed by atoms with Crippen LogP contribution in [0.3, 0.4) is 0 Å². The van der Waals surface area contributed by atoms with Gasteiger partial charge in [0.05, 0.1) is 6.54 Å². The van der Waals surface area contributed by atoms with Gasteiger partial charge in [0.1, 0.15) is 18.0 Å². The molecule has 2 N–H and O–H groups in total. The summed E-state index contributed by atoms with van der Waals surface area (Å²) in [5.74, 6) is 3.39. The molecule has 8 heteroatoms. The molecule has 1 aliphatic carbocycles. The van der Waals surface area contributed by atoms with Crippen LogP contribution in [-0.4, -0.2) is 75.7 Å². The van der Waals surface area contributed by atoms with Crippen LogP contribution in [0.4, 0.5) is 11.6 Å². The Balaban J connectivity index is 1.51. The molecular weight excluding hydrogens is 326 g/mol. The molecule has 132 valence electrons. The lowest BCUT2D eigenvalue weighted by Gasteiger charge is -2.42. The van der Waals surface area contributed by atoms with E-state index in [1.807, 2.05) is 29.7 Å². The number of likely N-dealkylation sites (N-methyl/N-ethyl adjacent to an activating group) is 1. The number of carbonyl (C=O) groups is 1. The van der Waals surface area contributed by atoms with Crippen LogP contribution in [0.25, 0.3) is 0 Å². The lowest BCUT2D eigenvalue weighted by atomic mass is 9.85. The monoisotopic (exact) mass is 351 g/mol. The second-order valence-corrected chi connectivity index (χ2v) is 7.51. The number of anilines is 2. The third-order valence-electron chi connectivity index (χ3n) is 4.71. The highest BCUT2D eigenvalue weighted by Gasteiger charge is 2.34. The molecule has 2 aliphatic rings. The standard InChI is InChI=1S/C16H25N5O2S/c1-2-20(10-16(22)23)13-7-12(8-13)19-14-9-15(18-11-17-14)21-3-5-24-6-4-21/h9,11-13H,2-8,10H2,1H3,(H,22,23)(H,17,18,19). The van der Waals surface area contributed by atoms with Crippen molar-refractivity contribution in [1.29, 1.82) is 0 Å². The van der Waals surface area contributed by atoms with Crippen molar-refractivity contribution in [2.45, 2.75) is 31.8 Å².